The van der Waals surface area contributed by atoms with Crippen LogP contribution in [0.2, 0.25) is 5.02 Å². The molecule has 1 fully saturated rings. The monoisotopic (exact) mass is 442 g/mol. The van der Waals surface area contributed by atoms with Crippen molar-refractivity contribution in [3.05, 3.63) is 65.2 Å². The Hall–Kier alpha value is -2.90. The maximum atomic E-state index is 12.0. The van der Waals surface area contributed by atoms with E-state index >= 15 is 0 Å². The van der Waals surface area contributed by atoms with Crippen LogP contribution in [0.4, 0.5) is 11.4 Å². The maximum absolute atomic E-state index is 12.0. The summed E-state index contributed by atoms with van der Waals surface area (Å²) in [6.07, 6.45) is 3.15. The number of anilines is 2. The van der Waals surface area contributed by atoms with Crippen molar-refractivity contribution in [2.45, 2.75) is 6.92 Å². The zero-order chi connectivity index (χ0) is 21.5. The highest BCUT2D eigenvalue weighted by Gasteiger charge is 2.20. The van der Waals surface area contributed by atoms with Crippen LogP contribution in [0.15, 0.2) is 54.6 Å². The Morgan fingerprint density at radius 1 is 1.07 bits per heavy atom. The molecule has 2 aromatic carbocycles. The lowest BCUT2D eigenvalue weighted by Crippen LogP contribution is -2.48. The molecule has 0 aromatic heterocycles. The van der Waals surface area contributed by atoms with Crippen molar-refractivity contribution in [3.8, 4) is 0 Å². The summed E-state index contributed by atoms with van der Waals surface area (Å²) in [4.78, 5) is 27.5. The lowest BCUT2D eigenvalue weighted by atomic mass is 10.2. The van der Waals surface area contributed by atoms with Gasteiger partial charge in [0.2, 0.25) is 11.8 Å². The van der Waals surface area contributed by atoms with Crippen molar-refractivity contribution in [1.29, 1.82) is 0 Å². The SMILES string of the molecule is CC(=O)N1CCN(c2ccc(NC(=S)NC(=O)C=Cc3ccccc3)cc2Cl)CC1. The fraction of sp³-hybridized carbons (Fsp3) is 0.227. The molecule has 30 heavy (non-hydrogen) atoms. The molecule has 0 spiro atoms. The highest BCUT2D eigenvalue weighted by atomic mass is 35.5. The summed E-state index contributed by atoms with van der Waals surface area (Å²) in [5.41, 5.74) is 2.52. The summed E-state index contributed by atoms with van der Waals surface area (Å²) in [6, 6.07) is 15.1. The number of thiocarbonyl (C=S) groups is 1. The Bertz CT molecular complexity index is 957. The smallest absolute Gasteiger partial charge is 0.250 e. The van der Waals surface area contributed by atoms with E-state index in [0.29, 0.717) is 23.8 Å². The average Bonchev–Trinajstić information content (AvgIpc) is 2.73. The third kappa shape index (κ3) is 6.05. The quantitative estimate of drug-likeness (QED) is 0.560. The van der Waals surface area contributed by atoms with E-state index in [9.17, 15) is 9.59 Å². The predicted molar refractivity (Wildman–Crippen MR) is 126 cm³/mol. The van der Waals surface area contributed by atoms with Gasteiger partial charge in [0, 0.05) is 44.9 Å². The van der Waals surface area contributed by atoms with Gasteiger partial charge in [-0.05, 0) is 42.1 Å². The molecule has 1 saturated heterocycles. The number of carbonyl (C=O) groups excluding carboxylic acids is 2. The minimum Gasteiger partial charge on any atom is -0.367 e. The van der Waals surface area contributed by atoms with Crippen LogP contribution >= 0.6 is 23.8 Å². The number of hydrogen-bond donors (Lipinski definition) is 2. The molecule has 2 amide bonds. The molecule has 0 unspecified atom stereocenters. The third-order valence-corrected chi connectivity index (χ3v) is 5.24. The van der Waals surface area contributed by atoms with Gasteiger partial charge in [-0.15, -0.1) is 0 Å². The van der Waals surface area contributed by atoms with Gasteiger partial charge in [-0.2, -0.15) is 0 Å². The normalized spacial score (nSPS) is 13.9. The van der Waals surface area contributed by atoms with E-state index in [1.807, 2.05) is 47.4 Å². The van der Waals surface area contributed by atoms with E-state index in [4.69, 9.17) is 23.8 Å². The van der Waals surface area contributed by atoms with Crippen molar-refractivity contribution < 1.29 is 9.59 Å². The number of carbonyl (C=O) groups is 2. The molecule has 1 aliphatic heterocycles. The molecule has 0 radical (unpaired) electrons. The van der Waals surface area contributed by atoms with Crippen molar-refractivity contribution in [1.82, 2.24) is 10.2 Å². The minimum absolute atomic E-state index is 0.0921. The summed E-state index contributed by atoms with van der Waals surface area (Å²) in [6.45, 7) is 4.40. The Kier molecular flexibility index (Phi) is 7.43. The van der Waals surface area contributed by atoms with Crippen molar-refractivity contribution in [2.75, 3.05) is 36.4 Å². The molecule has 3 rings (SSSR count). The van der Waals surface area contributed by atoms with Crippen LogP contribution in [0.5, 0.6) is 0 Å². The van der Waals surface area contributed by atoms with Crippen LogP contribution in [0, 0.1) is 0 Å². The molecular formula is C22H23ClN4O2S. The maximum Gasteiger partial charge on any atom is 0.250 e. The Morgan fingerprint density at radius 3 is 2.40 bits per heavy atom. The van der Waals surface area contributed by atoms with Crippen LogP contribution in [-0.2, 0) is 9.59 Å². The molecule has 0 aliphatic carbocycles. The number of piperazine rings is 1. The second kappa shape index (κ2) is 10.2. The van der Waals surface area contributed by atoms with Gasteiger partial charge in [0.05, 0.1) is 10.7 Å². The highest BCUT2D eigenvalue weighted by Crippen LogP contribution is 2.29. The Morgan fingerprint density at radius 2 is 1.77 bits per heavy atom. The number of nitrogens with zero attached hydrogens (tertiary/aromatic N) is 2. The second-order valence-corrected chi connectivity index (χ2v) is 7.66. The van der Waals surface area contributed by atoms with Crippen LogP contribution in [-0.4, -0.2) is 48.0 Å². The fourth-order valence-corrected chi connectivity index (χ4v) is 3.67. The summed E-state index contributed by atoms with van der Waals surface area (Å²) in [5, 5.41) is 6.36. The highest BCUT2D eigenvalue weighted by molar-refractivity contribution is 7.80. The molecule has 1 aliphatic rings. The van der Waals surface area contributed by atoms with E-state index in [0.717, 1.165) is 24.3 Å². The van der Waals surface area contributed by atoms with E-state index in [-0.39, 0.29) is 16.9 Å². The van der Waals surface area contributed by atoms with Gasteiger partial charge in [0.25, 0.3) is 0 Å². The molecule has 0 bridgehead atoms. The number of hydrogen-bond acceptors (Lipinski definition) is 4. The summed E-state index contributed by atoms with van der Waals surface area (Å²) in [5.74, 6) is -0.225. The Labute approximate surface area is 186 Å². The molecule has 8 heteroatoms. The number of nitrogens with one attached hydrogen (secondary N) is 2. The lowest BCUT2D eigenvalue weighted by molar-refractivity contribution is -0.129. The van der Waals surface area contributed by atoms with E-state index in [1.54, 1.807) is 19.1 Å². The first kappa shape index (κ1) is 21.8. The molecule has 156 valence electrons. The number of benzene rings is 2. The predicted octanol–water partition coefficient (Wildman–Crippen LogP) is 3.53. The lowest BCUT2D eigenvalue weighted by Gasteiger charge is -2.36. The van der Waals surface area contributed by atoms with E-state index < -0.39 is 0 Å². The van der Waals surface area contributed by atoms with E-state index in [1.165, 1.54) is 6.08 Å². The molecule has 0 saturated carbocycles. The largest absolute Gasteiger partial charge is 0.367 e. The van der Waals surface area contributed by atoms with Gasteiger partial charge in [0.1, 0.15) is 0 Å². The molecule has 1 heterocycles. The van der Waals surface area contributed by atoms with Crippen LogP contribution in [0.25, 0.3) is 6.08 Å². The van der Waals surface area contributed by atoms with Crippen LogP contribution in [0.1, 0.15) is 12.5 Å². The van der Waals surface area contributed by atoms with E-state index in [2.05, 4.69) is 15.5 Å². The van der Waals surface area contributed by atoms with Crippen molar-refractivity contribution in [3.63, 3.8) is 0 Å². The van der Waals surface area contributed by atoms with Gasteiger partial charge in [-0.25, -0.2) is 0 Å². The Balaban J connectivity index is 1.54. The second-order valence-electron chi connectivity index (χ2n) is 6.85. The molecule has 0 atom stereocenters. The molecule has 6 nitrogen and oxygen atoms in total. The number of amides is 2. The zero-order valence-electron chi connectivity index (χ0n) is 16.6. The first-order valence-electron chi connectivity index (χ1n) is 9.57. The standard InChI is InChI=1S/C22H23ClN4O2S/c1-16(28)26-11-13-27(14-12-26)20-9-8-18(15-19(20)23)24-22(30)25-21(29)10-7-17-5-3-2-4-6-17/h2-10,15H,11-14H2,1H3,(H2,24,25,29,30). The van der Waals surface area contributed by atoms with Gasteiger partial charge in [-0.3, -0.25) is 14.9 Å². The molecule has 2 N–H and O–H groups in total. The topological polar surface area (TPSA) is 64.7 Å². The van der Waals surface area contributed by atoms with Crippen LogP contribution < -0.4 is 15.5 Å². The van der Waals surface area contributed by atoms with Crippen LogP contribution in [0.3, 0.4) is 0 Å². The van der Waals surface area contributed by atoms with Gasteiger partial charge in [-0.1, -0.05) is 41.9 Å². The number of halogens is 1. The van der Waals surface area contributed by atoms with Gasteiger partial charge < -0.3 is 15.1 Å². The summed E-state index contributed by atoms with van der Waals surface area (Å²) in [7, 11) is 0. The zero-order valence-corrected chi connectivity index (χ0v) is 18.2. The van der Waals surface area contributed by atoms with Gasteiger partial charge in [0.15, 0.2) is 5.11 Å². The fourth-order valence-electron chi connectivity index (χ4n) is 3.16. The summed E-state index contributed by atoms with van der Waals surface area (Å²) < 4.78 is 0. The minimum atomic E-state index is -0.317. The molecular weight excluding hydrogens is 420 g/mol. The number of rotatable bonds is 4. The molecule has 2 aromatic rings. The van der Waals surface area contributed by atoms with Crippen molar-refractivity contribution >= 4 is 58.2 Å². The first-order chi connectivity index (χ1) is 14.4. The van der Waals surface area contributed by atoms with Crippen molar-refractivity contribution in [2.24, 2.45) is 0 Å². The van der Waals surface area contributed by atoms with Gasteiger partial charge >= 0.3 is 0 Å². The first-order valence-corrected chi connectivity index (χ1v) is 10.4. The summed E-state index contributed by atoms with van der Waals surface area (Å²) >= 11 is 11.7. The average molecular weight is 443 g/mol. The third-order valence-electron chi connectivity index (χ3n) is 4.73.